The predicted molar refractivity (Wildman–Crippen MR) is 163 cm³/mol. The number of aromatic nitrogens is 1. The number of unbranched alkanes of at least 4 members (excludes halogenated alkanes) is 2. The molecule has 1 N–H and O–H groups in total. The molecule has 0 radical (unpaired) electrons. The Labute approximate surface area is 244 Å². The molecule has 1 heterocycles. The lowest BCUT2D eigenvalue weighted by atomic mass is 9.80. The molecule has 1 unspecified atom stereocenters. The van der Waals surface area contributed by atoms with Crippen LogP contribution in [0.15, 0.2) is 64.3 Å². The van der Waals surface area contributed by atoms with Gasteiger partial charge in [-0.15, -0.1) is 0 Å². The molecule has 0 aliphatic heterocycles. The predicted octanol–water partition coefficient (Wildman–Crippen LogP) is 9.01. The van der Waals surface area contributed by atoms with E-state index in [9.17, 15) is 9.90 Å². The van der Waals surface area contributed by atoms with Crippen LogP contribution in [-0.2, 0) is 29.0 Å². The summed E-state index contributed by atoms with van der Waals surface area (Å²) in [4.78, 5) is 16.7. The molecule has 0 spiro atoms. The van der Waals surface area contributed by atoms with Crippen molar-refractivity contribution in [1.29, 1.82) is 0 Å². The molecule has 0 saturated carbocycles. The number of carboxylic acids is 1. The second-order valence-electron chi connectivity index (χ2n) is 11.8. The second-order valence-corrected chi connectivity index (χ2v) is 11.8. The molecule has 0 saturated heterocycles. The van der Waals surface area contributed by atoms with E-state index in [0.717, 1.165) is 86.1 Å². The van der Waals surface area contributed by atoms with Gasteiger partial charge in [0.25, 0.3) is 0 Å². The third-order valence-corrected chi connectivity index (χ3v) is 8.68. The molecule has 41 heavy (non-hydrogen) atoms. The minimum atomic E-state index is -0.769. The molecule has 0 fully saturated rings. The van der Waals surface area contributed by atoms with Crippen molar-refractivity contribution in [1.82, 2.24) is 4.98 Å². The van der Waals surface area contributed by atoms with E-state index in [0.29, 0.717) is 24.0 Å². The largest absolute Gasteiger partial charge is 0.492 e. The van der Waals surface area contributed by atoms with E-state index in [1.54, 1.807) is 0 Å². The number of hydrogen-bond acceptors (Lipinski definition) is 4. The number of carbonyl (C=O) groups is 1. The van der Waals surface area contributed by atoms with Crippen molar-refractivity contribution < 1.29 is 19.1 Å². The molecule has 0 bridgehead atoms. The van der Waals surface area contributed by atoms with E-state index in [-0.39, 0.29) is 5.92 Å². The summed E-state index contributed by atoms with van der Waals surface area (Å²) >= 11 is 0. The third-order valence-electron chi connectivity index (χ3n) is 8.68. The topological polar surface area (TPSA) is 72.6 Å². The van der Waals surface area contributed by atoms with E-state index in [4.69, 9.17) is 14.1 Å². The summed E-state index contributed by atoms with van der Waals surface area (Å²) in [6.07, 6.45) is 14.8. The zero-order valence-corrected chi connectivity index (χ0v) is 24.7. The van der Waals surface area contributed by atoms with Crippen LogP contribution in [0.25, 0.3) is 17.5 Å². The Bertz CT molecular complexity index is 1430. The number of ether oxygens (including phenoxy) is 1. The Morgan fingerprint density at radius 2 is 1.95 bits per heavy atom. The van der Waals surface area contributed by atoms with Gasteiger partial charge in [-0.05, 0) is 105 Å². The highest BCUT2D eigenvalue weighted by molar-refractivity contribution is 5.94. The van der Waals surface area contributed by atoms with Crippen LogP contribution in [0.2, 0.25) is 0 Å². The van der Waals surface area contributed by atoms with Crippen molar-refractivity contribution in [2.75, 3.05) is 0 Å². The van der Waals surface area contributed by atoms with Crippen molar-refractivity contribution in [2.24, 2.45) is 11.8 Å². The first kappa shape index (κ1) is 28.9. The zero-order valence-electron chi connectivity index (χ0n) is 24.7. The van der Waals surface area contributed by atoms with Gasteiger partial charge in [-0.2, -0.15) is 0 Å². The highest BCUT2D eigenvalue weighted by Crippen LogP contribution is 2.34. The third kappa shape index (κ3) is 7.38. The maximum atomic E-state index is 12.0. The second kappa shape index (κ2) is 13.4. The van der Waals surface area contributed by atoms with Crippen molar-refractivity contribution >= 4 is 12.0 Å². The number of hydrogen-bond donors (Lipinski definition) is 1. The number of aliphatic carboxylic acids is 1. The van der Waals surface area contributed by atoms with Gasteiger partial charge in [-0.1, -0.05) is 62.1 Å². The van der Waals surface area contributed by atoms with E-state index < -0.39 is 5.97 Å². The number of fused-ring (bicyclic) bond motifs is 1. The van der Waals surface area contributed by atoms with Crippen LogP contribution in [0, 0.1) is 25.7 Å². The van der Waals surface area contributed by atoms with E-state index in [2.05, 4.69) is 50.3 Å². The molecule has 3 aromatic rings. The lowest BCUT2D eigenvalue weighted by Gasteiger charge is -2.25. The first-order valence-corrected chi connectivity index (χ1v) is 15.3. The van der Waals surface area contributed by atoms with Crippen LogP contribution in [0.1, 0.15) is 92.0 Å². The summed E-state index contributed by atoms with van der Waals surface area (Å²) in [5.74, 6) is 2.41. The Morgan fingerprint density at radius 1 is 1.10 bits per heavy atom. The van der Waals surface area contributed by atoms with Crippen molar-refractivity contribution in [3.8, 4) is 11.5 Å². The number of rotatable bonds is 12. The average Bonchev–Trinajstić information content (AvgIpc) is 3.35. The van der Waals surface area contributed by atoms with Gasteiger partial charge in [0.1, 0.15) is 18.1 Å². The van der Waals surface area contributed by atoms with Crippen LogP contribution >= 0.6 is 0 Å². The lowest BCUT2D eigenvalue weighted by molar-refractivity contribution is -0.133. The van der Waals surface area contributed by atoms with Gasteiger partial charge in [0, 0.05) is 17.6 Å². The summed E-state index contributed by atoms with van der Waals surface area (Å²) in [7, 11) is 0. The number of carboxylic acid groups (broad SMARTS) is 1. The van der Waals surface area contributed by atoms with Crippen molar-refractivity contribution in [2.45, 2.75) is 91.6 Å². The van der Waals surface area contributed by atoms with Gasteiger partial charge >= 0.3 is 5.97 Å². The number of benzene rings is 2. The first-order valence-electron chi connectivity index (χ1n) is 15.3. The summed E-state index contributed by atoms with van der Waals surface area (Å²) in [5.41, 5.74) is 7.24. The molecular formula is C36H43NO4. The van der Waals surface area contributed by atoms with Gasteiger partial charge in [0.15, 0.2) is 0 Å². The Kier molecular flexibility index (Phi) is 9.43. The molecule has 2 aliphatic carbocycles. The normalized spacial score (nSPS) is 18.4. The van der Waals surface area contributed by atoms with Crippen LogP contribution in [0.5, 0.6) is 0 Å². The molecule has 2 atom stereocenters. The highest BCUT2D eigenvalue weighted by Gasteiger charge is 2.26. The van der Waals surface area contributed by atoms with E-state index in [1.807, 2.05) is 25.1 Å². The number of oxazole rings is 1. The van der Waals surface area contributed by atoms with E-state index in [1.165, 1.54) is 23.1 Å². The summed E-state index contributed by atoms with van der Waals surface area (Å²) < 4.78 is 12.2. The summed E-state index contributed by atoms with van der Waals surface area (Å²) in [6, 6.07) is 14.7. The lowest BCUT2D eigenvalue weighted by Crippen LogP contribution is -2.19. The molecule has 1 aromatic heterocycles. The fourth-order valence-corrected chi connectivity index (χ4v) is 6.25. The van der Waals surface area contributed by atoms with Crippen molar-refractivity contribution in [3.63, 3.8) is 0 Å². The summed E-state index contributed by atoms with van der Waals surface area (Å²) in [5, 5.41) is 9.86. The molecule has 2 aliphatic rings. The van der Waals surface area contributed by atoms with Crippen LogP contribution < -0.4 is 0 Å². The van der Waals surface area contributed by atoms with Crippen LogP contribution in [0.3, 0.4) is 0 Å². The molecule has 5 nitrogen and oxygen atoms in total. The Balaban J connectivity index is 1.08. The van der Waals surface area contributed by atoms with Gasteiger partial charge < -0.3 is 14.3 Å². The monoisotopic (exact) mass is 553 g/mol. The molecular weight excluding hydrogens is 510 g/mol. The number of allylic oxidation sites excluding steroid dienone is 2. The fourth-order valence-electron chi connectivity index (χ4n) is 6.25. The minimum Gasteiger partial charge on any atom is -0.492 e. The quantitative estimate of drug-likeness (QED) is 0.227. The standard InChI is InChI=1S/C36H43NO4/c1-4-26-16-17-28-21-29(33(36(38)39)22-31(28)19-26)13-7-5-6-11-27-12-9-15-32(20-27)40-23-34-25(3)41-35(37-34)30-14-8-10-24(2)18-30/h8,10,14,16-20,22,27,29H,4-7,9,11-13,15,21,23H2,1-3H3,(H,38,39)/t27-,29?/m1/s1. The van der Waals surface area contributed by atoms with Gasteiger partial charge in [0.2, 0.25) is 5.89 Å². The molecule has 5 rings (SSSR count). The van der Waals surface area contributed by atoms with E-state index >= 15 is 0 Å². The summed E-state index contributed by atoms with van der Waals surface area (Å²) in [6.45, 7) is 6.59. The number of aryl methyl sites for hydroxylation is 3. The molecule has 5 heteroatoms. The number of nitrogens with zero attached hydrogens (tertiary/aromatic N) is 1. The fraction of sp³-hybridized carbons (Fsp3) is 0.444. The maximum Gasteiger partial charge on any atom is 0.331 e. The Hall–Kier alpha value is -3.60. The Morgan fingerprint density at radius 3 is 2.76 bits per heavy atom. The molecule has 0 amide bonds. The van der Waals surface area contributed by atoms with Gasteiger partial charge in [-0.25, -0.2) is 9.78 Å². The zero-order chi connectivity index (χ0) is 28.8. The molecule has 2 aromatic carbocycles. The molecule has 216 valence electrons. The maximum absolute atomic E-state index is 12.0. The highest BCUT2D eigenvalue weighted by atomic mass is 16.5. The van der Waals surface area contributed by atoms with Gasteiger partial charge in [0.05, 0.1) is 5.76 Å². The minimum absolute atomic E-state index is 0.105. The smallest absolute Gasteiger partial charge is 0.331 e. The van der Waals surface area contributed by atoms with Crippen molar-refractivity contribution in [3.05, 3.63) is 93.6 Å². The van der Waals surface area contributed by atoms with Crippen LogP contribution in [0.4, 0.5) is 0 Å². The van der Waals surface area contributed by atoms with Crippen LogP contribution in [-0.4, -0.2) is 16.1 Å². The van der Waals surface area contributed by atoms with Gasteiger partial charge in [-0.3, -0.25) is 0 Å². The SMILES string of the molecule is CCc1ccc2c(c1)C=C(C(=O)O)C(CCCCC[C@H]1C=C(OCc3nc(-c4cccc(C)c4)oc3C)CCC1)C2. The first-order chi connectivity index (χ1) is 19.9. The average molecular weight is 554 g/mol.